The summed E-state index contributed by atoms with van der Waals surface area (Å²) < 4.78 is 5.43. The summed E-state index contributed by atoms with van der Waals surface area (Å²) in [6, 6.07) is 23.6. The minimum Gasteiger partial charge on any atom is -0.378 e. The highest BCUT2D eigenvalue weighted by molar-refractivity contribution is 6.05. The quantitative estimate of drug-likeness (QED) is 0.683. The van der Waals surface area contributed by atoms with E-state index in [-0.39, 0.29) is 5.91 Å². The number of carbonyl (C=O) groups excluding carboxylic acids is 1. The number of amides is 1. The normalized spacial score (nSPS) is 13.9. The third-order valence-corrected chi connectivity index (χ3v) is 4.84. The van der Waals surface area contributed by atoms with Crippen LogP contribution in [0.25, 0.3) is 0 Å². The summed E-state index contributed by atoms with van der Waals surface area (Å²) in [5.74, 6) is -0.106. The lowest BCUT2D eigenvalue weighted by Gasteiger charge is -2.29. The first-order chi connectivity index (χ1) is 13.8. The van der Waals surface area contributed by atoms with Gasteiger partial charge in [0.15, 0.2) is 0 Å². The average Bonchev–Trinajstić information content (AvgIpc) is 2.79. The van der Waals surface area contributed by atoms with Crippen molar-refractivity contribution in [3.63, 3.8) is 0 Å². The molecule has 0 N–H and O–H groups in total. The van der Waals surface area contributed by atoms with Crippen LogP contribution in [0.15, 0.2) is 79.0 Å². The molecule has 2 heterocycles. The number of anilines is 2. The molecule has 1 aliphatic heterocycles. The number of benzene rings is 2. The van der Waals surface area contributed by atoms with Gasteiger partial charge in [-0.25, -0.2) is 0 Å². The van der Waals surface area contributed by atoms with E-state index in [9.17, 15) is 4.79 Å². The molecule has 0 aliphatic carbocycles. The second-order valence-corrected chi connectivity index (χ2v) is 6.71. The van der Waals surface area contributed by atoms with Crippen LogP contribution in [-0.4, -0.2) is 37.2 Å². The van der Waals surface area contributed by atoms with Gasteiger partial charge in [-0.15, -0.1) is 0 Å². The predicted octanol–water partition coefficient (Wildman–Crippen LogP) is 3.77. The number of morpholine rings is 1. The van der Waals surface area contributed by atoms with Crippen molar-refractivity contribution in [3.8, 4) is 0 Å². The highest BCUT2D eigenvalue weighted by Crippen LogP contribution is 2.22. The molecule has 1 aliphatic rings. The molecule has 2 aromatic carbocycles. The van der Waals surface area contributed by atoms with Gasteiger partial charge in [-0.1, -0.05) is 48.5 Å². The van der Waals surface area contributed by atoms with Gasteiger partial charge in [-0.05, 0) is 29.8 Å². The summed E-state index contributed by atoms with van der Waals surface area (Å²) in [7, 11) is 0. The lowest BCUT2D eigenvalue weighted by atomic mass is 10.1. The Hall–Kier alpha value is -3.18. The fourth-order valence-electron chi connectivity index (χ4n) is 3.35. The van der Waals surface area contributed by atoms with Gasteiger partial charge in [0.25, 0.3) is 5.91 Å². The molecular formula is C23H23N3O2. The van der Waals surface area contributed by atoms with E-state index in [1.54, 1.807) is 11.1 Å². The molecule has 1 saturated heterocycles. The third kappa shape index (κ3) is 4.21. The Morgan fingerprint density at radius 3 is 2.36 bits per heavy atom. The molecule has 0 unspecified atom stereocenters. The molecule has 0 atom stereocenters. The number of aromatic nitrogens is 1. The number of hydrogen-bond donors (Lipinski definition) is 0. The van der Waals surface area contributed by atoms with E-state index in [4.69, 9.17) is 4.74 Å². The van der Waals surface area contributed by atoms with Crippen LogP contribution in [0, 0.1) is 0 Å². The van der Waals surface area contributed by atoms with Gasteiger partial charge in [0.05, 0.1) is 19.8 Å². The first kappa shape index (κ1) is 18.2. The molecule has 1 aromatic heterocycles. The highest BCUT2D eigenvalue weighted by atomic mass is 16.5. The summed E-state index contributed by atoms with van der Waals surface area (Å²) in [5.41, 5.74) is 3.39. The molecule has 1 fully saturated rings. The number of nitrogens with zero attached hydrogens (tertiary/aromatic N) is 3. The molecule has 1 amide bonds. The molecule has 0 saturated carbocycles. The Kier molecular flexibility index (Phi) is 5.64. The molecular weight excluding hydrogens is 350 g/mol. The molecule has 0 bridgehead atoms. The van der Waals surface area contributed by atoms with Crippen molar-refractivity contribution in [1.29, 1.82) is 0 Å². The Labute approximate surface area is 165 Å². The fourth-order valence-corrected chi connectivity index (χ4v) is 3.35. The van der Waals surface area contributed by atoms with E-state index in [1.165, 1.54) is 0 Å². The lowest BCUT2D eigenvalue weighted by Crippen LogP contribution is -2.36. The van der Waals surface area contributed by atoms with E-state index in [1.807, 2.05) is 72.8 Å². The molecule has 142 valence electrons. The Balaban J connectivity index is 1.63. The van der Waals surface area contributed by atoms with E-state index in [0.717, 1.165) is 30.0 Å². The smallest absolute Gasteiger partial charge is 0.277 e. The van der Waals surface area contributed by atoms with E-state index in [0.29, 0.717) is 25.5 Å². The molecule has 5 nitrogen and oxygen atoms in total. The summed E-state index contributed by atoms with van der Waals surface area (Å²) in [5, 5.41) is 0. The van der Waals surface area contributed by atoms with Crippen LogP contribution < -0.4 is 9.80 Å². The van der Waals surface area contributed by atoms with Gasteiger partial charge in [0.1, 0.15) is 5.69 Å². The zero-order chi connectivity index (χ0) is 19.2. The number of para-hydroxylation sites is 1. The minimum atomic E-state index is -0.106. The van der Waals surface area contributed by atoms with Crippen LogP contribution in [0.5, 0.6) is 0 Å². The van der Waals surface area contributed by atoms with Crippen molar-refractivity contribution >= 4 is 17.3 Å². The lowest BCUT2D eigenvalue weighted by molar-refractivity contribution is 0.0980. The van der Waals surface area contributed by atoms with Crippen molar-refractivity contribution in [2.45, 2.75) is 6.54 Å². The Morgan fingerprint density at radius 1 is 0.964 bits per heavy atom. The number of pyridine rings is 1. The topological polar surface area (TPSA) is 45.7 Å². The van der Waals surface area contributed by atoms with Crippen molar-refractivity contribution in [2.24, 2.45) is 0 Å². The molecule has 5 heteroatoms. The van der Waals surface area contributed by atoms with Gasteiger partial charge in [0.2, 0.25) is 0 Å². The van der Waals surface area contributed by atoms with Crippen LogP contribution >= 0.6 is 0 Å². The minimum absolute atomic E-state index is 0.106. The van der Waals surface area contributed by atoms with E-state index < -0.39 is 0 Å². The summed E-state index contributed by atoms with van der Waals surface area (Å²) in [4.78, 5) is 21.8. The molecule has 3 aromatic rings. The summed E-state index contributed by atoms with van der Waals surface area (Å²) in [6.45, 7) is 3.55. The fraction of sp³-hybridized carbons (Fsp3) is 0.217. The second-order valence-electron chi connectivity index (χ2n) is 6.71. The van der Waals surface area contributed by atoms with Crippen LogP contribution in [0.1, 0.15) is 16.1 Å². The summed E-state index contributed by atoms with van der Waals surface area (Å²) >= 11 is 0. The van der Waals surface area contributed by atoms with Crippen LogP contribution in [0.2, 0.25) is 0 Å². The van der Waals surface area contributed by atoms with Crippen molar-refractivity contribution < 1.29 is 9.53 Å². The van der Waals surface area contributed by atoms with Crippen LogP contribution in [-0.2, 0) is 11.3 Å². The maximum absolute atomic E-state index is 13.4. The zero-order valence-corrected chi connectivity index (χ0v) is 15.7. The average molecular weight is 373 g/mol. The van der Waals surface area contributed by atoms with Gasteiger partial charge < -0.3 is 14.5 Å². The second kappa shape index (κ2) is 8.67. The van der Waals surface area contributed by atoms with Gasteiger partial charge in [-0.2, -0.15) is 0 Å². The van der Waals surface area contributed by atoms with E-state index >= 15 is 0 Å². The zero-order valence-electron chi connectivity index (χ0n) is 15.7. The molecule has 4 rings (SSSR count). The molecule has 28 heavy (non-hydrogen) atoms. The maximum atomic E-state index is 13.4. The number of hydrogen-bond acceptors (Lipinski definition) is 4. The van der Waals surface area contributed by atoms with Crippen molar-refractivity contribution in [2.75, 3.05) is 36.1 Å². The van der Waals surface area contributed by atoms with Gasteiger partial charge >= 0.3 is 0 Å². The Morgan fingerprint density at radius 2 is 1.64 bits per heavy atom. The standard InChI is InChI=1S/C23H23N3O2/c27-23(22-17-21(11-12-24-22)25-13-15-28-16-14-25)26(20-9-5-2-6-10-20)18-19-7-3-1-4-8-19/h1-12,17H,13-16,18H2. The van der Waals surface area contributed by atoms with Gasteiger partial charge in [0, 0.05) is 30.7 Å². The maximum Gasteiger partial charge on any atom is 0.277 e. The number of rotatable bonds is 5. The van der Waals surface area contributed by atoms with Crippen LogP contribution in [0.3, 0.4) is 0 Å². The van der Waals surface area contributed by atoms with Crippen molar-refractivity contribution in [3.05, 3.63) is 90.3 Å². The van der Waals surface area contributed by atoms with Crippen LogP contribution in [0.4, 0.5) is 11.4 Å². The van der Waals surface area contributed by atoms with E-state index in [2.05, 4.69) is 9.88 Å². The SMILES string of the molecule is O=C(c1cc(N2CCOCC2)ccn1)N(Cc1ccccc1)c1ccccc1. The number of carbonyl (C=O) groups is 1. The number of ether oxygens (including phenoxy) is 1. The largest absolute Gasteiger partial charge is 0.378 e. The van der Waals surface area contributed by atoms with Crippen molar-refractivity contribution in [1.82, 2.24) is 4.98 Å². The Bertz CT molecular complexity index is 909. The summed E-state index contributed by atoms with van der Waals surface area (Å²) in [6.07, 6.45) is 1.71. The third-order valence-electron chi connectivity index (χ3n) is 4.84. The predicted molar refractivity (Wildman–Crippen MR) is 111 cm³/mol. The monoisotopic (exact) mass is 373 g/mol. The first-order valence-corrected chi connectivity index (χ1v) is 9.51. The molecule has 0 radical (unpaired) electrons. The van der Waals surface area contributed by atoms with Gasteiger partial charge in [-0.3, -0.25) is 9.78 Å². The first-order valence-electron chi connectivity index (χ1n) is 9.51. The molecule has 0 spiro atoms. The highest BCUT2D eigenvalue weighted by Gasteiger charge is 2.21.